The van der Waals surface area contributed by atoms with Crippen molar-refractivity contribution in [3.8, 4) is 0 Å². The van der Waals surface area contributed by atoms with E-state index in [1.165, 1.54) is 50.7 Å². The van der Waals surface area contributed by atoms with Crippen molar-refractivity contribution < 1.29 is 21.5 Å². The van der Waals surface area contributed by atoms with Crippen LogP contribution in [0, 0.1) is 0 Å². The van der Waals surface area contributed by atoms with Gasteiger partial charge in [0.15, 0.2) is 0 Å². The van der Waals surface area contributed by atoms with Crippen molar-refractivity contribution >= 4 is 32.3 Å². The number of benzene rings is 4. The first-order chi connectivity index (χ1) is 11.5. The van der Waals surface area contributed by atoms with Crippen molar-refractivity contribution in [3.63, 3.8) is 0 Å². The molecule has 0 saturated carbocycles. The second-order valence-corrected chi connectivity index (χ2v) is 7.93. The van der Waals surface area contributed by atoms with Gasteiger partial charge in [0.2, 0.25) is 0 Å². The summed E-state index contributed by atoms with van der Waals surface area (Å²) in [6, 6.07) is 21.0. The van der Waals surface area contributed by atoms with Crippen molar-refractivity contribution in [1.29, 1.82) is 0 Å². The van der Waals surface area contributed by atoms with Gasteiger partial charge in [0.05, 0.1) is 21.1 Å². The molecular weight excluding hydrogens is 370 g/mol. The molecule has 0 aliphatic carbocycles. The Balaban J connectivity index is 0.00000182. The minimum Gasteiger partial charge on any atom is -1.00 e. The van der Waals surface area contributed by atoms with E-state index >= 15 is 0 Å². The van der Waals surface area contributed by atoms with E-state index in [1.54, 1.807) is 0 Å². The lowest BCUT2D eigenvalue weighted by Gasteiger charge is -2.35. The maximum atomic E-state index is 2.37. The summed E-state index contributed by atoms with van der Waals surface area (Å²) in [5.74, 6) is 0. The highest BCUT2D eigenvalue weighted by molar-refractivity contribution is 6.23. The third-order valence-corrected chi connectivity index (χ3v) is 5.42. The van der Waals surface area contributed by atoms with Crippen LogP contribution in [0.15, 0.2) is 54.6 Å². The van der Waals surface area contributed by atoms with E-state index in [9.17, 15) is 0 Å². The Kier molecular flexibility index (Phi) is 4.78. The highest BCUT2D eigenvalue weighted by Gasteiger charge is 2.27. The van der Waals surface area contributed by atoms with E-state index in [-0.39, 0.29) is 17.0 Å². The van der Waals surface area contributed by atoms with Crippen molar-refractivity contribution in [3.05, 3.63) is 60.2 Å². The summed E-state index contributed by atoms with van der Waals surface area (Å²) in [4.78, 5) is 0. The van der Waals surface area contributed by atoms with Gasteiger partial charge in [-0.05, 0) is 32.3 Å². The number of nitrogens with zero attached hydrogens (tertiary/aromatic N) is 1. The van der Waals surface area contributed by atoms with E-state index < -0.39 is 0 Å². The topological polar surface area (TPSA) is 0 Å². The molecule has 0 spiro atoms. The minimum absolute atomic E-state index is 0. The molecule has 4 rings (SSSR count). The smallest absolute Gasteiger partial charge is 0.115 e. The molecular formula is C23H26BrN. The molecule has 0 amide bonds. The zero-order valence-corrected chi connectivity index (χ0v) is 17.1. The van der Waals surface area contributed by atoms with Crippen LogP contribution in [0.5, 0.6) is 0 Å². The second-order valence-electron chi connectivity index (χ2n) is 7.93. The quantitative estimate of drug-likeness (QED) is 0.367. The minimum atomic E-state index is 0. The molecule has 4 aromatic rings. The molecule has 1 nitrogen and oxygen atoms in total. The number of hydrogen-bond acceptors (Lipinski definition) is 0. The van der Waals surface area contributed by atoms with Crippen LogP contribution in [0.2, 0.25) is 0 Å². The molecule has 130 valence electrons. The zero-order valence-electron chi connectivity index (χ0n) is 15.5. The maximum Gasteiger partial charge on any atom is 0.115 e. The second kappa shape index (κ2) is 6.59. The summed E-state index contributed by atoms with van der Waals surface area (Å²) in [5, 5.41) is 8.35. The van der Waals surface area contributed by atoms with Crippen LogP contribution in [-0.4, -0.2) is 25.6 Å². The normalized spacial score (nSPS) is 13.4. The van der Waals surface area contributed by atoms with Crippen LogP contribution in [0.25, 0.3) is 32.3 Å². The van der Waals surface area contributed by atoms with Gasteiger partial charge in [-0.3, -0.25) is 0 Å². The fourth-order valence-electron chi connectivity index (χ4n) is 4.28. The monoisotopic (exact) mass is 395 g/mol. The van der Waals surface area contributed by atoms with E-state index in [4.69, 9.17) is 0 Å². The van der Waals surface area contributed by atoms with E-state index in [0.29, 0.717) is 6.04 Å². The average Bonchev–Trinajstić information content (AvgIpc) is 2.57. The van der Waals surface area contributed by atoms with Gasteiger partial charge < -0.3 is 21.5 Å². The number of halogens is 1. The lowest BCUT2D eigenvalue weighted by Crippen LogP contribution is -3.00. The van der Waals surface area contributed by atoms with Crippen molar-refractivity contribution in [1.82, 2.24) is 0 Å². The Bertz CT molecular complexity index is 997. The van der Waals surface area contributed by atoms with E-state index in [2.05, 4.69) is 82.7 Å². The standard InChI is InChI=1S/C23H26N.BrH/c1-5-7-21(24(2,3)4)19-14-12-18-11-10-16-8-6-9-17-13-15-20(19)23(18)22(16)17;/h6,8-15,21H,5,7H2,1-4H3;1H/q+1;/p-1. The van der Waals surface area contributed by atoms with Gasteiger partial charge in [-0.2, -0.15) is 0 Å². The third-order valence-electron chi connectivity index (χ3n) is 5.42. The SMILES string of the molecule is CCCC(c1ccc2ccc3cccc4ccc1c2c34)[N+](C)(C)C.[Br-]. The average molecular weight is 396 g/mol. The Labute approximate surface area is 160 Å². The summed E-state index contributed by atoms with van der Waals surface area (Å²) >= 11 is 0. The molecule has 0 aromatic heterocycles. The molecule has 0 fully saturated rings. The van der Waals surface area contributed by atoms with Gasteiger partial charge in [-0.1, -0.05) is 67.9 Å². The molecule has 0 aliphatic rings. The lowest BCUT2D eigenvalue weighted by molar-refractivity contribution is -0.902. The molecule has 0 heterocycles. The largest absolute Gasteiger partial charge is 1.00 e. The lowest BCUT2D eigenvalue weighted by atomic mass is 9.88. The molecule has 1 unspecified atom stereocenters. The fraction of sp³-hybridized carbons (Fsp3) is 0.304. The number of rotatable bonds is 4. The van der Waals surface area contributed by atoms with Crippen LogP contribution < -0.4 is 17.0 Å². The highest BCUT2D eigenvalue weighted by atomic mass is 79.9. The summed E-state index contributed by atoms with van der Waals surface area (Å²) in [6.07, 6.45) is 2.43. The van der Waals surface area contributed by atoms with Crippen LogP contribution >= 0.6 is 0 Å². The molecule has 0 saturated heterocycles. The van der Waals surface area contributed by atoms with Gasteiger partial charge in [0.1, 0.15) is 6.04 Å². The summed E-state index contributed by atoms with van der Waals surface area (Å²) in [6.45, 7) is 2.29. The Morgan fingerprint density at radius 3 is 1.92 bits per heavy atom. The van der Waals surface area contributed by atoms with Crippen molar-refractivity contribution in [2.45, 2.75) is 25.8 Å². The number of quaternary nitrogens is 1. The van der Waals surface area contributed by atoms with E-state index in [1.807, 2.05) is 0 Å². The zero-order chi connectivity index (χ0) is 16.9. The Morgan fingerprint density at radius 1 is 0.760 bits per heavy atom. The van der Waals surface area contributed by atoms with Crippen LogP contribution in [0.4, 0.5) is 0 Å². The van der Waals surface area contributed by atoms with E-state index in [0.717, 1.165) is 4.48 Å². The highest BCUT2D eigenvalue weighted by Crippen LogP contribution is 2.40. The van der Waals surface area contributed by atoms with Crippen LogP contribution in [-0.2, 0) is 0 Å². The fourth-order valence-corrected chi connectivity index (χ4v) is 4.28. The molecule has 0 N–H and O–H groups in total. The summed E-state index contributed by atoms with van der Waals surface area (Å²) in [5.41, 5.74) is 1.50. The molecule has 0 bridgehead atoms. The Morgan fingerprint density at radius 2 is 1.32 bits per heavy atom. The third kappa shape index (κ3) is 2.92. The predicted molar refractivity (Wildman–Crippen MR) is 106 cm³/mol. The summed E-state index contributed by atoms with van der Waals surface area (Å²) < 4.78 is 0.970. The van der Waals surface area contributed by atoms with Crippen LogP contribution in [0.3, 0.4) is 0 Å². The molecule has 2 heteroatoms. The first-order valence-corrected chi connectivity index (χ1v) is 8.98. The molecule has 0 aliphatic heterocycles. The molecule has 4 aromatic carbocycles. The number of hydrogen-bond donors (Lipinski definition) is 0. The molecule has 0 radical (unpaired) electrons. The van der Waals surface area contributed by atoms with Gasteiger partial charge in [-0.25, -0.2) is 0 Å². The molecule has 25 heavy (non-hydrogen) atoms. The summed E-state index contributed by atoms with van der Waals surface area (Å²) in [7, 11) is 6.95. The molecule has 1 atom stereocenters. The predicted octanol–water partition coefficient (Wildman–Crippen LogP) is 3.14. The maximum absolute atomic E-state index is 2.37. The Hall–Kier alpha value is -1.64. The van der Waals surface area contributed by atoms with Gasteiger partial charge in [0, 0.05) is 12.0 Å². The van der Waals surface area contributed by atoms with Gasteiger partial charge in [-0.15, -0.1) is 0 Å². The van der Waals surface area contributed by atoms with Crippen molar-refractivity contribution in [2.24, 2.45) is 0 Å². The van der Waals surface area contributed by atoms with Crippen LogP contribution in [0.1, 0.15) is 31.4 Å². The van der Waals surface area contributed by atoms with Gasteiger partial charge in [0.25, 0.3) is 0 Å². The van der Waals surface area contributed by atoms with Crippen molar-refractivity contribution in [2.75, 3.05) is 21.1 Å². The van der Waals surface area contributed by atoms with Gasteiger partial charge >= 0.3 is 0 Å². The first-order valence-electron chi connectivity index (χ1n) is 8.98. The first kappa shape index (κ1) is 18.2.